The maximum Gasteiger partial charge on any atom is 0.324 e. The highest BCUT2D eigenvalue weighted by atomic mass is 16.2. The smallest absolute Gasteiger partial charge is 0.324 e. The number of nitrogens with one attached hydrogen (secondary N) is 1. The molecule has 1 aromatic carbocycles. The van der Waals surface area contributed by atoms with Crippen LogP contribution in [0.15, 0.2) is 30.3 Å². The lowest BCUT2D eigenvalue weighted by Gasteiger charge is -2.11. The van der Waals surface area contributed by atoms with Crippen molar-refractivity contribution in [3.05, 3.63) is 35.9 Å². The Morgan fingerprint density at radius 2 is 1.93 bits per heavy atom. The Kier molecular flexibility index (Phi) is 2.67. The van der Waals surface area contributed by atoms with Crippen LogP contribution >= 0.6 is 0 Å². The van der Waals surface area contributed by atoms with E-state index in [0.717, 1.165) is 5.56 Å². The summed E-state index contributed by atoms with van der Waals surface area (Å²) in [6.07, 6.45) is 0.708. The fraction of sp³-hybridized carbons (Fsp3) is 0.273. The number of amides is 3. The van der Waals surface area contributed by atoms with Gasteiger partial charge < -0.3 is 5.32 Å². The zero-order valence-corrected chi connectivity index (χ0v) is 8.27. The van der Waals surface area contributed by atoms with Gasteiger partial charge in [0.15, 0.2) is 0 Å². The van der Waals surface area contributed by atoms with Crippen molar-refractivity contribution in [3.63, 3.8) is 0 Å². The number of imide groups is 1. The summed E-state index contributed by atoms with van der Waals surface area (Å²) in [5.74, 6) is -0.143. The average molecular weight is 204 g/mol. The molecule has 15 heavy (non-hydrogen) atoms. The molecule has 4 nitrogen and oxygen atoms in total. The summed E-state index contributed by atoms with van der Waals surface area (Å²) < 4.78 is 0. The van der Waals surface area contributed by atoms with Crippen LogP contribution in [0.25, 0.3) is 0 Å². The van der Waals surface area contributed by atoms with Gasteiger partial charge in [-0.1, -0.05) is 30.3 Å². The highest BCUT2D eigenvalue weighted by Crippen LogP contribution is 2.04. The molecule has 0 aromatic heterocycles. The summed E-state index contributed by atoms with van der Waals surface area (Å²) >= 11 is 0. The van der Waals surface area contributed by atoms with Crippen molar-refractivity contribution in [2.45, 2.75) is 6.42 Å². The van der Waals surface area contributed by atoms with Crippen molar-refractivity contribution >= 4 is 11.9 Å². The predicted octanol–water partition coefficient (Wildman–Crippen LogP) is 0.781. The molecule has 1 aliphatic heterocycles. The van der Waals surface area contributed by atoms with Gasteiger partial charge in [-0.3, -0.25) is 9.69 Å². The Hall–Kier alpha value is -1.84. The molecule has 1 heterocycles. The van der Waals surface area contributed by atoms with Crippen LogP contribution in [0.2, 0.25) is 0 Å². The zero-order chi connectivity index (χ0) is 10.7. The van der Waals surface area contributed by atoms with Gasteiger partial charge in [0.05, 0.1) is 6.54 Å². The maximum atomic E-state index is 11.2. The lowest BCUT2D eigenvalue weighted by molar-refractivity contribution is -0.124. The molecule has 0 spiro atoms. The normalized spacial score (nSPS) is 15.6. The Morgan fingerprint density at radius 1 is 1.20 bits per heavy atom. The number of benzene rings is 1. The van der Waals surface area contributed by atoms with Crippen molar-refractivity contribution in [2.75, 3.05) is 13.1 Å². The molecule has 0 bridgehead atoms. The van der Waals surface area contributed by atoms with Gasteiger partial charge in [-0.15, -0.1) is 0 Å². The number of carbonyl (C=O) groups excluding carboxylic acids is 2. The fourth-order valence-electron chi connectivity index (χ4n) is 1.57. The first kappa shape index (κ1) is 9.71. The number of hydrogen-bond acceptors (Lipinski definition) is 2. The standard InChI is InChI=1S/C11H12N2O2/c14-10-8-12-11(15)13(10)7-6-9-4-2-1-3-5-9/h1-5H,6-8H2,(H,12,15). The van der Waals surface area contributed by atoms with Gasteiger partial charge in [-0.25, -0.2) is 4.79 Å². The van der Waals surface area contributed by atoms with Crippen LogP contribution in [-0.2, 0) is 11.2 Å². The molecule has 1 N–H and O–H groups in total. The number of rotatable bonds is 3. The molecule has 1 aromatic rings. The van der Waals surface area contributed by atoms with Gasteiger partial charge >= 0.3 is 6.03 Å². The Bertz CT molecular complexity index is 359. The lowest BCUT2D eigenvalue weighted by atomic mass is 10.1. The van der Waals surface area contributed by atoms with Gasteiger partial charge in [0.25, 0.3) is 0 Å². The van der Waals surface area contributed by atoms with Crippen LogP contribution in [0, 0.1) is 0 Å². The van der Waals surface area contributed by atoms with Crippen LogP contribution in [0.3, 0.4) is 0 Å². The van der Waals surface area contributed by atoms with Gasteiger partial charge in [0.1, 0.15) is 0 Å². The second-order valence-electron chi connectivity index (χ2n) is 3.44. The van der Waals surface area contributed by atoms with Gasteiger partial charge in [-0.05, 0) is 12.0 Å². The Morgan fingerprint density at radius 3 is 2.53 bits per heavy atom. The van der Waals surface area contributed by atoms with Crippen LogP contribution in [0.1, 0.15) is 5.56 Å². The topological polar surface area (TPSA) is 49.4 Å². The van der Waals surface area contributed by atoms with Gasteiger partial charge in [-0.2, -0.15) is 0 Å². The molecule has 0 saturated carbocycles. The van der Waals surface area contributed by atoms with E-state index < -0.39 is 0 Å². The molecule has 3 amide bonds. The number of hydrogen-bond donors (Lipinski definition) is 1. The highest BCUT2D eigenvalue weighted by Gasteiger charge is 2.27. The summed E-state index contributed by atoms with van der Waals surface area (Å²) in [5, 5.41) is 2.49. The van der Waals surface area contributed by atoms with E-state index in [1.807, 2.05) is 30.3 Å². The second kappa shape index (κ2) is 4.13. The first-order valence-corrected chi connectivity index (χ1v) is 4.89. The summed E-state index contributed by atoms with van der Waals surface area (Å²) in [6.45, 7) is 0.586. The number of nitrogens with zero attached hydrogens (tertiary/aromatic N) is 1. The van der Waals surface area contributed by atoms with Gasteiger partial charge in [0.2, 0.25) is 5.91 Å². The van der Waals surface area contributed by atoms with E-state index in [4.69, 9.17) is 0 Å². The predicted molar refractivity (Wildman–Crippen MR) is 55.3 cm³/mol. The molecule has 0 aliphatic carbocycles. The van der Waals surface area contributed by atoms with Crippen molar-refractivity contribution in [1.29, 1.82) is 0 Å². The Balaban J connectivity index is 1.93. The van der Waals surface area contributed by atoms with Crippen molar-refractivity contribution in [3.8, 4) is 0 Å². The molecule has 0 unspecified atom stereocenters. The minimum Gasteiger partial charge on any atom is -0.329 e. The maximum absolute atomic E-state index is 11.2. The van der Waals surface area contributed by atoms with Crippen molar-refractivity contribution in [2.24, 2.45) is 0 Å². The van der Waals surface area contributed by atoms with E-state index in [0.29, 0.717) is 13.0 Å². The fourth-order valence-corrected chi connectivity index (χ4v) is 1.57. The summed E-state index contributed by atoms with van der Waals surface area (Å²) in [6, 6.07) is 9.52. The third-order valence-corrected chi connectivity index (χ3v) is 2.40. The minimum absolute atomic E-state index is 0.133. The van der Waals surface area contributed by atoms with Crippen LogP contribution in [0.5, 0.6) is 0 Å². The molecule has 4 heteroatoms. The van der Waals surface area contributed by atoms with Crippen molar-refractivity contribution in [1.82, 2.24) is 10.2 Å². The molecule has 1 fully saturated rings. The van der Waals surface area contributed by atoms with E-state index in [1.54, 1.807) is 0 Å². The highest BCUT2D eigenvalue weighted by molar-refractivity contribution is 6.01. The monoisotopic (exact) mass is 204 g/mol. The zero-order valence-electron chi connectivity index (χ0n) is 8.27. The number of urea groups is 1. The molecule has 0 atom stereocenters. The summed E-state index contributed by atoms with van der Waals surface area (Å²) in [4.78, 5) is 23.7. The molecule has 0 radical (unpaired) electrons. The van der Waals surface area contributed by atoms with Crippen LogP contribution in [0.4, 0.5) is 4.79 Å². The molecule has 78 valence electrons. The van der Waals surface area contributed by atoms with E-state index in [-0.39, 0.29) is 18.5 Å². The quantitative estimate of drug-likeness (QED) is 0.740. The SMILES string of the molecule is O=C1CNC(=O)N1CCc1ccccc1. The third-order valence-electron chi connectivity index (χ3n) is 2.40. The largest absolute Gasteiger partial charge is 0.329 e. The van der Waals surface area contributed by atoms with Crippen LogP contribution < -0.4 is 5.32 Å². The second-order valence-corrected chi connectivity index (χ2v) is 3.44. The molecule has 1 aliphatic rings. The lowest BCUT2D eigenvalue weighted by Crippen LogP contribution is -2.32. The van der Waals surface area contributed by atoms with E-state index in [1.165, 1.54) is 4.90 Å². The van der Waals surface area contributed by atoms with E-state index >= 15 is 0 Å². The third kappa shape index (κ3) is 2.15. The van der Waals surface area contributed by atoms with Gasteiger partial charge in [0, 0.05) is 6.54 Å². The first-order chi connectivity index (χ1) is 7.27. The number of carbonyl (C=O) groups is 2. The average Bonchev–Trinajstić information content (AvgIpc) is 2.58. The molecular formula is C11H12N2O2. The Labute approximate surface area is 87.9 Å². The summed E-state index contributed by atoms with van der Waals surface area (Å²) in [7, 11) is 0. The van der Waals surface area contributed by atoms with Crippen molar-refractivity contribution < 1.29 is 9.59 Å². The van der Waals surface area contributed by atoms with E-state index in [9.17, 15) is 9.59 Å². The minimum atomic E-state index is -0.282. The molecule has 2 rings (SSSR count). The van der Waals surface area contributed by atoms with E-state index in [2.05, 4.69) is 5.32 Å². The molecule has 1 saturated heterocycles. The molecular weight excluding hydrogens is 192 g/mol. The summed E-state index contributed by atoms with van der Waals surface area (Å²) in [5.41, 5.74) is 1.13. The van der Waals surface area contributed by atoms with Crippen LogP contribution in [-0.4, -0.2) is 29.9 Å². The first-order valence-electron chi connectivity index (χ1n) is 4.89.